The van der Waals surface area contributed by atoms with E-state index in [-0.39, 0.29) is 16.5 Å². The van der Waals surface area contributed by atoms with Crippen LogP contribution in [0.5, 0.6) is 0 Å². The van der Waals surface area contributed by atoms with E-state index in [0.717, 1.165) is 34.3 Å². The minimum atomic E-state index is -4.70. The zero-order chi connectivity index (χ0) is 23.0. The summed E-state index contributed by atoms with van der Waals surface area (Å²) in [6, 6.07) is 11.0. The van der Waals surface area contributed by atoms with Gasteiger partial charge in [-0.05, 0) is 54.1 Å². The van der Waals surface area contributed by atoms with E-state index >= 15 is 0 Å². The summed E-state index contributed by atoms with van der Waals surface area (Å²) in [4.78, 5) is 17.0. The van der Waals surface area contributed by atoms with Gasteiger partial charge in [0.25, 0.3) is 0 Å². The van der Waals surface area contributed by atoms with Gasteiger partial charge in [-0.25, -0.2) is 9.78 Å². The van der Waals surface area contributed by atoms with E-state index in [4.69, 9.17) is 4.42 Å². The standard InChI is InChI=1S/C23H15F3N2O2S2/c1-12-6-13(2)21-14(8-20(29)30-18(21)7-12)11-32-22-15(10-27)16(23(24,25)26)9-17(28-22)19-4-3-5-31-19/h3-9H,11H2,1-2H3. The van der Waals surface area contributed by atoms with E-state index in [1.54, 1.807) is 29.6 Å². The number of aryl methyl sites for hydroxylation is 2. The molecule has 0 N–H and O–H groups in total. The average Bonchev–Trinajstić information content (AvgIpc) is 3.24. The van der Waals surface area contributed by atoms with E-state index in [2.05, 4.69) is 4.98 Å². The zero-order valence-electron chi connectivity index (χ0n) is 16.9. The smallest absolute Gasteiger partial charge is 0.417 e. The molecule has 0 atom stereocenters. The number of alkyl halides is 3. The van der Waals surface area contributed by atoms with Crippen LogP contribution in [0.15, 0.2) is 56.0 Å². The molecule has 0 saturated carbocycles. The van der Waals surface area contributed by atoms with Crippen molar-refractivity contribution in [3.63, 3.8) is 0 Å². The van der Waals surface area contributed by atoms with Crippen LogP contribution in [0.3, 0.4) is 0 Å². The summed E-state index contributed by atoms with van der Waals surface area (Å²) in [7, 11) is 0. The van der Waals surface area contributed by atoms with Crippen molar-refractivity contribution in [2.24, 2.45) is 0 Å². The Bertz CT molecular complexity index is 1420. The molecule has 0 bridgehead atoms. The van der Waals surface area contributed by atoms with Crippen LogP contribution in [0.25, 0.3) is 21.5 Å². The molecule has 0 radical (unpaired) electrons. The quantitative estimate of drug-likeness (QED) is 0.244. The van der Waals surface area contributed by atoms with Crippen LogP contribution in [-0.4, -0.2) is 4.98 Å². The lowest BCUT2D eigenvalue weighted by molar-refractivity contribution is -0.138. The number of pyridine rings is 1. The molecule has 32 heavy (non-hydrogen) atoms. The highest BCUT2D eigenvalue weighted by atomic mass is 32.2. The molecule has 0 amide bonds. The molecule has 4 rings (SSSR count). The van der Waals surface area contributed by atoms with Crippen LogP contribution in [0.1, 0.15) is 27.8 Å². The second kappa shape index (κ2) is 8.45. The molecule has 0 aliphatic rings. The zero-order valence-corrected chi connectivity index (χ0v) is 18.5. The van der Waals surface area contributed by atoms with E-state index in [1.165, 1.54) is 17.4 Å². The van der Waals surface area contributed by atoms with Gasteiger partial charge in [0, 0.05) is 17.2 Å². The summed E-state index contributed by atoms with van der Waals surface area (Å²) in [6.45, 7) is 3.76. The first-order valence-electron chi connectivity index (χ1n) is 9.40. The number of nitrogens with zero attached hydrogens (tertiary/aromatic N) is 2. The maximum absolute atomic E-state index is 13.7. The first kappa shape index (κ1) is 22.1. The molecule has 9 heteroatoms. The third-order valence-corrected chi connectivity index (χ3v) is 6.73. The Morgan fingerprint density at radius 3 is 2.66 bits per heavy atom. The Morgan fingerprint density at radius 1 is 1.22 bits per heavy atom. The van der Waals surface area contributed by atoms with Gasteiger partial charge in [0.1, 0.15) is 16.7 Å². The number of thioether (sulfide) groups is 1. The largest absolute Gasteiger partial charge is 0.423 e. The fourth-order valence-corrected chi connectivity index (χ4v) is 5.21. The minimum absolute atomic E-state index is 0.0307. The maximum atomic E-state index is 13.7. The summed E-state index contributed by atoms with van der Waals surface area (Å²) in [6.07, 6.45) is -4.70. The molecule has 0 aliphatic carbocycles. The van der Waals surface area contributed by atoms with Crippen molar-refractivity contribution < 1.29 is 17.6 Å². The second-order valence-corrected chi connectivity index (χ2v) is 9.07. The SMILES string of the molecule is Cc1cc(C)c2c(CSc3nc(-c4cccs4)cc(C(F)(F)F)c3C#N)cc(=O)oc2c1. The molecule has 0 saturated heterocycles. The average molecular weight is 473 g/mol. The Labute approximate surface area is 189 Å². The molecule has 0 spiro atoms. The predicted octanol–water partition coefficient (Wildman–Crippen LogP) is 6.72. The Balaban J connectivity index is 1.83. The number of rotatable bonds is 4. The van der Waals surface area contributed by atoms with Crippen molar-refractivity contribution >= 4 is 34.1 Å². The first-order valence-corrected chi connectivity index (χ1v) is 11.3. The van der Waals surface area contributed by atoms with Crippen molar-refractivity contribution in [3.8, 4) is 16.6 Å². The lowest BCUT2D eigenvalue weighted by Crippen LogP contribution is -2.10. The van der Waals surface area contributed by atoms with Gasteiger partial charge < -0.3 is 4.42 Å². The van der Waals surface area contributed by atoms with Crippen LogP contribution in [-0.2, 0) is 11.9 Å². The van der Waals surface area contributed by atoms with Gasteiger partial charge in [0.05, 0.1) is 21.7 Å². The summed E-state index contributed by atoms with van der Waals surface area (Å²) in [5.41, 5.74) is 0.897. The van der Waals surface area contributed by atoms with Gasteiger partial charge in [-0.2, -0.15) is 18.4 Å². The third-order valence-electron chi connectivity index (χ3n) is 4.81. The number of hydrogen-bond acceptors (Lipinski definition) is 6. The molecule has 162 valence electrons. The number of aromatic nitrogens is 1. The van der Waals surface area contributed by atoms with Crippen molar-refractivity contribution in [2.75, 3.05) is 0 Å². The highest BCUT2D eigenvalue weighted by Crippen LogP contribution is 2.39. The lowest BCUT2D eigenvalue weighted by Gasteiger charge is -2.14. The summed E-state index contributed by atoms with van der Waals surface area (Å²) >= 11 is 2.26. The fourth-order valence-electron chi connectivity index (χ4n) is 3.54. The van der Waals surface area contributed by atoms with Gasteiger partial charge in [0.15, 0.2) is 0 Å². The van der Waals surface area contributed by atoms with E-state index in [9.17, 15) is 23.2 Å². The van der Waals surface area contributed by atoms with Crippen molar-refractivity contribution in [2.45, 2.75) is 30.8 Å². The Hall–Kier alpha value is -3.09. The number of hydrogen-bond donors (Lipinski definition) is 0. The number of thiophene rings is 1. The summed E-state index contributed by atoms with van der Waals surface area (Å²) in [5, 5.41) is 11.9. The van der Waals surface area contributed by atoms with Gasteiger partial charge in [-0.1, -0.05) is 12.1 Å². The highest BCUT2D eigenvalue weighted by Gasteiger charge is 2.36. The summed E-state index contributed by atoms with van der Waals surface area (Å²) < 4.78 is 46.5. The first-order chi connectivity index (χ1) is 15.2. The lowest BCUT2D eigenvalue weighted by atomic mass is 10.0. The molecule has 0 fully saturated rings. The Kier molecular flexibility index (Phi) is 5.84. The van der Waals surface area contributed by atoms with Crippen LogP contribution in [0, 0.1) is 25.2 Å². The van der Waals surface area contributed by atoms with Gasteiger partial charge in [-0.3, -0.25) is 0 Å². The molecule has 4 nitrogen and oxygen atoms in total. The van der Waals surface area contributed by atoms with Crippen molar-refractivity contribution in [3.05, 3.63) is 80.0 Å². The van der Waals surface area contributed by atoms with Gasteiger partial charge >= 0.3 is 11.8 Å². The van der Waals surface area contributed by atoms with E-state index in [0.29, 0.717) is 16.0 Å². The molecule has 3 heterocycles. The topological polar surface area (TPSA) is 66.9 Å². The highest BCUT2D eigenvalue weighted by molar-refractivity contribution is 7.98. The Morgan fingerprint density at radius 2 is 2.00 bits per heavy atom. The second-order valence-electron chi connectivity index (χ2n) is 7.16. The third kappa shape index (κ3) is 4.29. The van der Waals surface area contributed by atoms with Gasteiger partial charge in [-0.15, -0.1) is 23.1 Å². The summed E-state index contributed by atoms with van der Waals surface area (Å²) in [5.74, 6) is 0.152. The van der Waals surface area contributed by atoms with Crippen molar-refractivity contribution in [1.82, 2.24) is 4.98 Å². The number of halogens is 3. The monoisotopic (exact) mass is 472 g/mol. The van der Waals surface area contributed by atoms with Crippen molar-refractivity contribution in [1.29, 1.82) is 5.26 Å². The molecule has 1 aromatic carbocycles. The van der Waals surface area contributed by atoms with Crippen LogP contribution in [0.4, 0.5) is 13.2 Å². The molecule has 4 aromatic rings. The molecular formula is C23H15F3N2O2S2. The molecule has 0 aliphatic heterocycles. The molecule has 3 aromatic heterocycles. The number of benzene rings is 1. The fraction of sp³-hybridized carbons (Fsp3) is 0.174. The number of fused-ring (bicyclic) bond motifs is 1. The van der Waals surface area contributed by atoms with Crippen LogP contribution in [0.2, 0.25) is 0 Å². The molecular weight excluding hydrogens is 457 g/mol. The van der Waals surface area contributed by atoms with E-state index in [1.807, 2.05) is 19.9 Å². The van der Waals surface area contributed by atoms with E-state index < -0.39 is 22.9 Å². The van der Waals surface area contributed by atoms with Gasteiger partial charge in [0.2, 0.25) is 0 Å². The van der Waals surface area contributed by atoms with Crippen LogP contribution >= 0.6 is 23.1 Å². The minimum Gasteiger partial charge on any atom is -0.423 e. The maximum Gasteiger partial charge on any atom is 0.417 e. The normalized spacial score (nSPS) is 11.6. The molecule has 0 unspecified atom stereocenters. The predicted molar refractivity (Wildman–Crippen MR) is 119 cm³/mol. The van der Waals surface area contributed by atoms with Crippen LogP contribution < -0.4 is 5.63 Å². The number of nitriles is 1.